The third-order valence-electron chi connectivity index (χ3n) is 1.18. The van der Waals surface area contributed by atoms with Crippen molar-refractivity contribution in [3.63, 3.8) is 0 Å². The molecule has 0 aromatic carbocycles. The van der Waals surface area contributed by atoms with Crippen LogP contribution in [0, 0.1) is 0 Å². The molecule has 3 nitrogen and oxygen atoms in total. The molecule has 0 spiro atoms. The molecule has 3 heteroatoms. The molecule has 0 atom stereocenters. The Balaban J connectivity index is 3.67. The van der Waals surface area contributed by atoms with Gasteiger partial charge in [0.1, 0.15) is 12.6 Å². The molecule has 0 saturated carbocycles. The van der Waals surface area contributed by atoms with E-state index in [2.05, 4.69) is 0 Å². The van der Waals surface area contributed by atoms with Gasteiger partial charge in [-0.1, -0.05) is 0 Å². The second-order valence-corrected chi connectivity index (χ2v) is 2.61. The Kier molecular flexibility index (Phi) is 5.65. The molecule has 0 unspecified atom stereocenters. The highest BCUT2D eigenvalue weighted by atomic mass is 16.5. The molecule has 11 heavy (non-hydrogen) atoms. The van der Waals surface area contributed by atoms with Crippen molar-refractivity contribution in [2.45, 2.75) is 38.9 Å². The first-order valence-electron chi connectivity index (χ1n) is 3.73. The normalized spacial score (nSPS) is 10.5. The first kappa shape index (κ1) is 10.3. The summed E-state index contributed by atoms with van der Waals surface area (Å²) in [5.41, 5.74) is 0. The summed E-state index contributed by atoms with van der Waals surface area (Å²) in [5.74, 6) is 0. The van der Waals surface area contributed by atoms with E-state index >= 15 is 0 Å². The minimum absolute atomic E-state index is 0.0694. The third kappa shape index (κ3) is 5.73. The number of rotatable bonds is 6. The number of hydrogen-bond acceptors (Lipinski definition) is 3. The van der Waals surface area contributed by atoms with Gasteiger partial charge >= 0.3 is 0 Å². The lowest BCUT2D eigenvalue weighted by atomic mass is 10.2. The average Bonchev–Trinajstić information content (AvgIpc) is 1.87. The van der Waals surface area contributed by atoms with Crippen molar-refractivity contribution >= 4 is 12.6 Å². The Labute approximate surface area is 66.7 Å². The largest absolute Gasteiger partial charge is 0.375 e. The molecular weight excluding hydrogens is 144 g/mol. The van der Waals surface area contributed by atoms with Crippen LogP contribution in [0.1, 0.15) is 26.7 Å². The molecule has 0 aliphatic heterocycles. The van der Waals surface area contributed by atoms with Crippen LogP contribution in [0.15, 0.2) is 0 Å². The molecule has 0 bridgehead atoms. The van der Waals surface area contributed by atoms with Crippen LogP contribution in [-0.2, 0) is 14.3 Å². The molecule has 0 N–H and O–H groups in total. The van der Waals surface area contributed by atoms with E-state index < -0.39 is 0 Å². The van der Waals surface area contributed by atoms with Crippen molar-refractivity contribution in [1.82, 2.24) is 0 Å². The monoisotopic (exact) mass is 158 g/mol. The van der Waals surface area contributed by atoms with Gasteiger partial charge in [-0.2, -0.15) is 0 Å². The van der Waals surface area contributed by atoms with Crippen LogP contribution in [0.25, 0.3) is 0 Å². The van der Waals surface area contributed by atoms with Crippen molar-refractivity contribution in [1.29, 1.82) is 0 Å². The summed E-state index contributed by atoms with van der Waals surface area (Å²) in [6, 6.07) is 0. The number of hydrogen-bond donors (Lipinski definition) is 0. The number of aldehydes is 2. The van der Waals surface area contributed by atoms with Gasteiger partial charge in [-0.15, -0.1) is 0 Å². The molecule has 64 valence electrons. The lowest BCUT2D eigenvalue weighted by Gasteiger charge is -2.15. The topological polar surface area (TPSA) is 43.4 Å². The summed E-state index contributed by atoms with van der Waals surface area (Å²) in [7, 11) is 0. The van der Waals surface area contributed by atoms with E-state index in [0.29, 0.717) is 12.8 Å². The summed E-state index contributed by atoms with van der Waals surface area (Å²) in [6.07, 6.45) is 1.99. The van der Waals surface area contributed by atoms with Crippen LogP contribution in [0.5, 0.6) is 0 Å². The van der Waals surface area contributed by atoms with E-state index in [0.717, 1.165) is 12.6 Å². The van der Waals surface area contributed by atoms with E-state index in [1.54, 1.807) is 0 Å². The van der Waals surface area contributed by atoms with Gasteiger partial charge in [0.25, 0.3) is 0 Å². The fourth-order valence-corrected chi connectivity index (χ4v) is 0.807. The second kappa shape index (κ2) is 6.04. The summed E-state index contributed by atoms with van der Waals surface area (Å²) in [4.78, 5) is 20.2. The highest BCUT2D eigenvalue weighted by Crippen LogP contribution is 2.03. The van der Waals surface area contributed by atoms with Gasteiger partial charge < -0.3 is 14.3 Å². The predicted molar refractivity (Wildman–Crippen MR) is 41.4 cm³/mol. The zero-order valence-electron chi connectivity index (χ0n) is 6.95. The van der Waals surface area contributed by atoms with Crippen molar-refractivity contribution in [2.24, 2.45) is 0 Å². The van der Waals surface area contributed by atoms with Gasteiger partial charge in [0, 0.05) is 12.8 Å². The Morgan fingerprint density at radius 2 is 1.64 bits per heavy atom. The minimum atomic E-state index is -0.231. The fourth-order valence-electron chi connectivity index (χ4n) is 0.807. The lowest BCUT2D eigenvalue weighted by molar-refractivity contribution is -0.114. The molecule has 0 aliphatic carbocycles. The third-order valence-corrected chi connectivity index (χ3v) is 1.18. The maximum atomic E-state index is 10.1. The van der Waals surface area contributed by atoms with Crippen LogP contribution in [-0.4, -0.2) is 24.8 Å². The number of ether oxygens (including phenoxy) is 1. The van der Waals surface area contributed by atoms with Crippen LogP contribution in [0.3, 0.4) is 0 Å². The Morgan fingerprint density at radius 3 is 1.91 bits per heavy atom. The number of carbonyl (C=O) groups excluding carboxylic acids is 2. The lowest BCUT2D eigenvalue weighted by Crippen LogP contribution is -2.18. The quantitative estimate of drug-likeness (QED) is 0.541. The molecule has 0 aliphatic rings. The minimum Gasteiger partial charge on any atom is -0.375 e. The van der Waals surface area contributed by atoms with Gasteiger partial charge in [-0.25, -0.2) is 0 Å². The van der Waals surface area contributed by atoms with Gasteiger partial charge in [0.05, 0.1) is 12.2 Å². The maximum Gasteiger partial charge on any atom is 0.122 e. The molecule has 0 rings (SSSR count). The van der Waals surface area contributed by atoms with E-state index in [1.807, 2.05) is 13.8 Å². The molecule has 0 saturated heterocycles. The maximum absolute atomic E-state index is 10.1. The summed E-state index contributed by atoms with van der Waals surface area (Å²) < 4.78 is 5.27. The smallest absolute Gasteiger partial charge is 0.122 e. The Morgan fingerprint density at radius 1 is 1.18 bits per heavy atom. The molecular formula is C8H14O3. The summed E-state index contributed by atoms with van der Waals surface area (Å²) in [5, 5.41) is 0. The Hall–Kier alpha value is -0.700. The standard InChI is InChI=1S/C8H14O3/c1-7(2)11-8(3-5-9)4-6-10/h5-8H,3-4H2,1-2H3. The van der Waals surface area contributed by atoms with E-state index in [1.165, 1.54) is 0 Å². The average molecular weight is 158 g/mol. The molecule has 0 aromatic heterocycles. The van der Waals surface area contributed by atoms with Crippen LogP contribution < -0.4 is 0 Å². The van der Waals surface area contributed by atoms with Crippen LogP contribution in [0.2, 0.25) is 0 Å². The highest BCUT2D eigenvalue weighted by molar-refractivity contribution is 5.54. The van der Waals surface area contributed by atoms with Gasteiger partial charge in [0.2, 0.25) is 0 Å². The first-order valence-corrected chi connectivity index (χ1v) is 3.73. The Bertz CT molecular complexity index is 111. The first-order chi connectivity index (χ1) is 5.20. The zero-order chi connectivity index (χ0) is 8.69. The molecule has 0 amide bonds. The number of carbonyl (C=O) groups is 2. The van der Waals surface area contributed by atoms with Crippen molar-refractivity contribution in [2.75, 3.05) is 0 Å². The SMILES string of the molecule is CC(C)OC(CC=O)CC=O. The molecule has 0 aromatic rings. The predicted octanol–water partition coefficient (Wildman–Crippen LogP) is 0.958. The summed E-state index contributed by atoms with van der Waals surface area (Å²) in [6.45, 7) is 3.76. The van der Waals surface area contributed by atoms with E-state index in [-0.39, 0.29) is 12.2 Å². The van der Waals surface area contributed by atoms with Crippen molar-refractivity contribution in [3.05, 3.63) is 0 Å². The molecule has 0 heterocycles. The van der Waals surface area contributed by atoms with E-state index in [9.17, 15) is 9.59 Å². The van der Waals surface area contributed by atoms with Crippen molar-refractivity contribution in [3.8, 4) is 0 Å². The molecule has 0 radical (unpaired) electrons. The van der Waals surface area contributed by atoms with E-state index in [4.69, 9.17) is 4.74 Å². The highest BCUT2D eigenvalue weighted by Gasteiger charge is 2.08. The van der Waals surface area contributed by atoms with Crippen LogP contribution >= 0.6 is 0 Å². The van der Waals surface area contributed by atoms with Crippen molar-refractivity contribution < 1.29 is 14.3 Å². The van der Waals surface area contributed by atoms with Gasteiger partial charge in [-0.05, 0) is 13.8 Å². The van der Waals surface area contributed by atoms with Crippen LogP contribution in [0.4, 0.5) is 0 Å². The second-order valence-electron chi connectivity index (χ2n) is 2.61. The fraction of sp³-hybridized carbons (Fsp3) is 0.750. The van der Waals surface area contributed by atoms with Gasteiger partial charge in [0.15, 0.2) is 0 Å². The molecule has 0 fully saturated rings. The van der Waals surface area contributed by atoms with Gasteiger partial charge in [-0.3, -0.25) is 0 Å². The summed E-state index contributed by atoms with van der Waals surface area (Å²) >= 11 is 0. The zero-order valence-corrected chi connectivity index (χ0v) is 6.95.